The number of thiol groups is 1. The summed E-state index contributed by atoms with van der Waals surface area (Å²) in [6.45, 7) is 3.17. The predicted molar refractivity (Wildman–Crippen MR) is 75.8 cm³/mol. The number of ether oxygens (including phenoxy) is 1. The SMILES string of the molecule is C=C1N=C(N)C=CN1[C@@H]1O[C@@](CO)(CCS)[C@@H](O)[C@H]1F. The van der Waals surface area contributed by atoms with E-state index in [0.717, 1.165) is 0 Å². The van der Waals surface area contributed by atoms with Gasteiger partial charge in [0.2, 0.25) is 0 Å². The van der Waals surface area contributed by atoms with Gasteiger partial charge in [0.1, 0.15) is 23.4 Å². The maximum atomic E-state index is 14.3. The first-order chi connectivity index (χ1) is 9.45. The van der Waals surface area contributed by atoms with Gasteiger partial charge in [-0.25, -0.2) is 9.38 Å². The predicted octanol–water partition coefficient (Wildman–Crippen LogP) is -0.250. The number of hydrogen-bond acceptors (Lipinski definition) is 7. The zero-order chi connectivity index (χ0) is 14.9. The third kappa shape index (κ3) is 2.44. The number of nitrogens with zero attached hydrogens (tertiary/aromatic N) is 2. The van der Waals surface area contributed by atoms with Gasteiger partial charge in [-0.1, -0.05) is 6.58 Å². The Balaban J connectivity index is 2.23. The molecule has 2 aliphatic rings. The van der Waals surface area contributed by atoms with Gasteiger partial charge in [0.25, 0.3) is 0 Å². The van der Waals surface area contributed by atoms with E-state index in [2.05, 4.69) is 24.2 Å². The van der Waals surface area contributed by atoms with E-state index in [1.165, 1.54) is 17.2 Å². The molecule has 0 aromatic rings. The second-order valence-corrected chi connectivity index (χ2v) is 5.22. The van der Waals surface area contributed by atoms with Gasteiger partial charge in [-0.15, -0.1) is 0 Å². The second kappa shape index (κ2) is 5.72. The van der Waals surface area contributed by atoms with Gasteiger partial charge in [0.05, 0.1) is 6.61 Å². The minimum atomic E-state index is -1.71. The Labute approximate surface area is 121 Å². The van der Waals surface area contributed by atoms with Crippen molar-refractivity contribution < 1.29 is 19.3 Å². The lowest BCUT2D eigenvalue weighted by molar-refractivity contribution is -0.135. The van der Waals surface area contributed by atoms with E-state index < -0.39 is 30.7 Å². The van der Waals surface area contributed by atoms with Crippen LogP contribution in [0.2, 0.25) is 0 Å². The fourth-order valence-corrected chi connectivity index (χ4v) is 2.73. The maximum absolute atomic E-state index is 14.3. The van der Waals surface area contributed by atoms with Gasteiger partial charge in [0, 0.05) is 6.20 Å². The Morgan fingerprint density at radius 1 is 1.65 bits per heavy atom. The van der Waals surface area contributed by atoms with Crippen LogP contribution in [-0.2, 0) is 4.74 Å². The van der Waals surface area contributed by atoms with Gasteiger partial charge < -0.3 is 25.6 Å². The Morgan fingerprint density at radius 3 is 2.90 bits per heavy atom. The van der Waals surface area contributed by atoms with Crippen LogP contribution in [-0.4, -0.2) is 57.4 Å². The highest BCUT2D eigenvalue weighted by Gasteiger charge is 2.56. The third-order valence-electron chi connectivity index (χ3n) is 3.51. The Kier molecular flexibility index (Phi) is 4.38. The molecule has 1 fully saturated rings. The molecule has 0 aromatic carbocycles. The maximum Gasteiger partial charge on any atom is 0.174 e. The van der Waals surface area contributed by atoms with Crippen LogP contribution < -0.4 is 5.73 Å². The number of aliphatic hydroxyl groups is 2. The van der Waals surface area contributed by atoms with Crippen LogP contribution in [0.15, 0.2) is 29.7 Å². The summed E-state index contributed by atoms with van der Waals surface area (Å²) in [7, 11) is 0. The largest absolute Gasteiger partial charge is 0.393 e. The summed E-state index contributed by atoms with van der Waals surface area (Å²) in [5.41, 5.74) is 4.15. The fraction of sp³-hybridized carbons (Fsp3) is 0.583. The average Bonchev–Trinajstić information content (AvgIpc) is 2.65. The first-order valence-electron chi connectivity index (χ1n) is 6.16. The van der Waals surface area contributed by atoms with Crippen molar-refractivity contribution in [2.45, 2.75) is 30.5 Å². The molecule has 0 aliphatic carbocycles. The molecule has 0 saturated carbocycles. The molecule has 112 valence electrons. The van der Waals surface area contributed by atoms with Crippen LogP contribution in [0.5, 0.6) is 0 Å². The van der Waals surface area contributed by atoms with E-state index in [1.807, 2.05) is 0 Å². The van der Waals surface area contributed by atoms with Crippen molar-refractivity contribution in [3.05, 3.63) is 24.7 Å². The van der Waals surface area contributed by atoms with E-state index in [1.54, 1.807) is 0 Å². The van der Waals surface area contributed by atoms with Gasteiger partial charge in [-0.05, 0) is 18.2 Å². The molecule has 8 heteroatoms. The number of rotatable bonds is 4. The molecule has 2 aliphatic heterocycles. The number of nitrogens with two attached hydrogens (primary N) is 1. The molecule has 0 amide bonds. The summed E-state index contributed by atoms with van der Waals surface area (Å²) in [4.78, 5) is 5.27. The number of aliphatic imine (C=N–C) groups is 1. The smallest absolute Gasteiger partial charge is 0.174 e. The van der Waals surface area contributed by atoms with E-state index in [4.69, 9.17) is 10.5 Å². The lowest BCUT2D eigenvalue weighted by atomic mass is 9.94. The topological polar surface area (TPSA) is 91.3 Å². The summed E-state index contributed by atoms with van der Waals surface area (Å²) >= 11 is 4.05. The van der Waals surface area contributed by atoms with Crippen LogP contribution in [0.3, 0.4) is 0 Å². The molecule has 0 radical (unpaired) electrons. The van der Waals surface area contributed by atoms with Crippen molar-refractivity contribution in [2.75, 3.05) is 12.4 Å². The first-order valence-corrected chi connectivity index (χ1v) is 6.80. The van der Waals surface area contributed by atoms with Crippen molar-refractivity contribution in [2.24, 2.45) is 10.7 Å². The Morgan fingerprint density at radius 2 is 2.35 bits per heavy atom. The molecule has 1 saturated heterocycles. The monoisotopic (exact) mass is 303 g/mol. The summed E-state index contributed by atoms with van der Waals surface area (Å²) in [6, 6.07) is 0. The molecule has 4 atom stereocenters. The Bertz CT molecular complexity index is 459. The molecule has 2 heterocycles. The van der Waals surface area contributed by atoms with Crippen LogP contribution >= 0.6 is 12.6 Å². The summed E-state index contributed by atoms with van der Waals surface area (Å²) in [6.07, 6.45) is -1.08. The number of alkyl halides is 1. The van der Waals surface area contributed by atoms with Crippen molar-refractivity contribution in [3.63, 3.8) is 0 Å². The van der Waals surface area contributed by atoms with Crippen LogP contribution in [0.25, 0.3) is 0 Å². The van der Waals surface area contributed by atoms with E-state index >= 15 is 0 Å². The molecule has 0 bridgehead atoms. The number of amidine groups is 1. The number of hydrogen-bond donors (Lipinski definition) is 4. The minimum absolute atomic E-state index is 0.212. The standard InChI is InChI=1S/C12H18FN3O3S/c1-7-15-8(14)2-4-16(7)11-9(13)10(18)12(6-17,19-11)3-5-20/h2,4,9-11,17-18,20H,1,3,5-6H2,(H2,14,15)/t9-,10+,11-,12-/m1/s1. The molecular weight excluding hydrogens is 285 g/mol. The van der Waals surface area contributed by atoms with Crippen molar-refractivity contribution in [1.82, 2.24) is 4.90 Å². The minimum Gasteiger partial charge on any atom is -0.393 e. The highest BCUT2D eigenvalue weighted by Crippen LogP contribution is 2.38. The van der Waals surface area contributed by atoms with Gasteiger partial charge >= 0.3 is 0 Å². The second-order valence-electron chi connectivity index (χ2n) is 4.77. The fourth-order valence-electron chi connectivity index (χ4n) is 2.36. The first kappa shape index (κ1) is 15.3. The summed E-state index contributed by atoms with van der Waals surface area (Å²) in [5.74, 6) is 0.812. The van der Waals surface area contributed by atoms with Crippen molar-refractivity contribution >= 4 is 18.5 Å². The Hall–Kier alpha value is -1.09. The molecule has 4 N–H and O–H groups in total. The molecule has 6 nitrogen and oxygen atoms in total. The van der Waals surface area contributed by atoms with E-state index in [0.29, 0.717) is 5.75 Å². The highest BCUT2D eigenvalue weighted by atomic mass is 32.1. The molecule has 0 aromatic heterocycles. The van der Waals surface area contributed by atoms with Crippen LogP contribution in [0.4, 0.5) is 4.39 Å². The van der Waals surface area contributed by atoms with Crippen molar-refractivity contribution in [3.8, 4) is 0 Å². The van der Waals surface area contributed by atoms with Gasteiger partial charge in [-0.3, -0.25) is 0 Å². The van der Waals surface area contributed by atoms with Gasteiger partial charge in [0.15, 0.2) is 12.4 Å². The molecular formula is C12H18FN3O3S. The zero-order valence-electron chi connectivity index (χ0n) is 10.8. The third-order valence-corrected chi connectivity index (χ3v) is 3.73. The molecule has 20 heavy (non-hydrogen) atoms. The van der Waals surface area contributed by atoms with Gasteiger partial charge in [-0.2, -0.15) is 12.6 Å². The average molecular weight is 303 g/mol. The zero-order valence-corrected chi connectivity index (χ0v) is 11.7. The number of aliphatic hydroxyl groups excluding tert-OH is 2. The van der Waals surface area contributed by atoms with Crippen LogP contribution in [0, 0.1) is 0 Å². The quantitative estimate of drug-likeness (QED) is 0.538. The van der Waals surface area contributed by atoms with Crippen molar-refractivity contribution in [1.29, 1.82) is 0 Å². The van der Waals surface area contributed by atoms with E-state index in [9.17, 15) is 14.6 Å². The molecule has 0 unspecified atom stereocenters. The number of halogens is 1. The molecule has 0 spiro atoms. The normalized spacial score (nSPS) is 37.4. The highest BCUT2D eigenvalue weighted by molar-refractivity contribution is 7.80. The van der Waals surface area contributed by atoms with E-state index in [-0.39, 0.29) is 18.1 Å². The summed E-state index contributed by atoms with van der Waals surface area (Å²) in [5, 5.41) is 19.5. The lowest BCUT2D eigenvalue weighted by Crippen LogP contribution is -2.45. The van der Waals surface area contributed by atoms with Crippen LogP contribution in [0.1, 0.15) is 6.42 Å². The lowest BCUT2D eigenvalue weighted by Gasteiger charge is -2.32. The summed E-state index contributed by atoms with van der Waals surface area (Å²) < 4.78 is 19.9. The molecule has 2 rings (SSSR count).